The lowest BCUT2D eigenvalue weighted by Crippen LogP contribution is -2.44. The lowest BCUT2D eigenvalue weighted by atomic mass is 10.1. The molecule has 1 unspecified atom stereocenters. The van der Waals surface area contributed by atoms with Crippen LogP contribution in [0.3, 0.4) is 0 Å². The fourth-order valence-electron chi connectivity index (χ4n) is 2.61. The molecule has 0 saturated carbocycles. The van der Waals surface area contributed by atoms with Crippen LogP contribution in [0.4, 0.5) is 10.5 Å². The maximum absolute atomic E-state index is 12.0. The fourth-order valence-corrected chi connectivity index (χ4v) is 2.61. The van der Waals surface area contributed by atoms with Gasteiger partial charge in [-0.15, -0.1) is 0 Å². The number of nitrogens with one attached hydrogen (secondary N) is 3. The number of carbonyl (C=O) groups is 2. The van der Waals surface area contributed by atoms with E-state index in [-0.39, 0.29) is 24.0 Å². The Morgan fingerprint density at radius 3 is 2.46 bits per heavy atom. The smallest absolute Gasteiger partial charge is 0.315 e. The molecular formula is C21H25N3O4. The average Bonchev–Trinajstić information content (AvgIpc) is 2.71. The number of benzene rings is 2. The Kier molecular flexibility index (Phi) is 6.37. The molecule has 28 heavy (non-hydrogen) atoms. The van der Waals surface area contributed by atoms with E-state index < -0.39 is 0 Å². The summed E-state index contributed by atoms with van der Waals surface area (Å²) in [4.78, 5) is 23.7. The Morgan fingerprint density at radius 2 is 1.75 bits per heavy atom. The van der Waals surface area contributed by atoms with Gasteiger partial charge in [0, 0.05) is 18.2 Å². The van der Waals surface area contributed by atoms with Crippen LogP contribution in [0.15, 0.2) is 48.5 Å². The number of para-hydroxylation sites is 2. The molecule has 3 amide bonds. The van der Waals surface area contributed by atoms with Crippen molar-refractivity contribution >= 4 is 17.6 Å². The second-order valence-corrected chi connectivity index (χ2v) is 6.90. The summed E-state index contributed by atoms with van der Waals surface area (Å²) >= 11 is 0. The van der Waals surface area contributed by atoms with Gasteiger partial charge in [-0.1, -0.05) is 38.1 Å². The monoisotopic (exact) mass is 383 g/mol. The summed E-state index contributed by atoms with van der Waals surface area (Å²) in [6.07, 6.45) is -0.232. The minimum Gasteiger partial charge on any atom is -0.486 e. The lowest BCUT2D eigenvalue weighted by molar-refractivity contribution is -0.118. The summed E-state index contributed by atoms with van der Waals surface area (Å²) in [5.41, 5.74) is 1.67. The number of amides is 3. The first-order valence-corrected chi connectivity index (χ1v) is 9.31. The third-order valence-electron chi connectivity index (χ3n) is 4.26. The van der Waals surface area contributed by atoms with Crippen molar-refractivity contribution in [2.75, 3.05) is 18.5 Å². The Balaban J connectivity index is 1.39. The second kappa shape index (κ2) is 9.12. The Labute approximate surface area is 164 Å². The van der Waals surface area contributed by atoms with Gasteiger partial charge in [0.1, 0.15) is 6.61 Å². The van der Waals surface area contributed by atoms with Crippen molar-refractivity contribution in [2.24, 2.45) is 5.92 Å². The van der Waals surface area contributed by atoms with Gasteiger partial charge in [-0.05, 0) is 29.8 Å². The maximum Gasteiger partial charge on any atom is 0.315 e. The molecule has 2 aromatic rings. The predicted molar refractivity (Wildman–Crippen MR) is 107 cm³/mol. The molecule has 0 spiro atoms. The third kappa shape index (κ3) is 5.39. The number of fused-ring (bicyclic) bond motifs is 1. The van der Waals surface area contributed by atoms with Crippen LogP contribution in [-0.4, -0.2) is 31.2 Å². The largest absolute Gasteiger partial charge is 0.486 e. The van der Waals surface area contributed by atoms with E-state index in [0.717, 1.165) is 17.0 Å². The zero-order valence-electron chi connectivity index (χ0n) is 16.0. The van der Waals surface area contributed by atoms with E-state index in [9.17, 15) is 9.59 Å². The van der Waals surface area contributed by atoms with Gasteiger partial charge in [-0.2, -0.15) is 0 Å². The SMILES string of the molecule is CC(C)C(=O)Nc1ccc(CNC(=O)NCC2COc3ccccc3O2)cc1. The van der Waals surface area contributed by atoms with Crippen molar-refractivity contribution in [2.45, 2.75) is 26.5 Å². The fraction of sp³-hybridized carbons (Fsp3) is 0.333. The minimum absolute atomic E-state index is 0.0261. The first kappa shape index (κ1) is 19.5. The van der Waals surface area contributed by atoms with Gasteiger partial charge in [0.2, 0.25) is 5.91 Å². The van der Waals surface area contributed by atoms with Crippen LogP contribution in [-0.2, 0) is 11.3 Å². The Hall–Kier alpha value is -3.22. The van der Waals surface area contributed by atoms with E-state index in [1.807, 2.05) is 62.4 Å². The van der Waals surface area contributed by atoms with Gasteiger partial charge < -0.3 is 25.4 Å². The van der Waals surface area contributed by atoms with Crippen LogP contribution >= 0.6 is 0 Å². The summed E-state index contributed by atoms with van der Waals surface area (Å²) in [6.45, 7) is 4.81. The molecule has 7 nitrogen and oxygen atoms in total. The van der Waals surface area contributed by atoms with Crippen molar-refractivity contribution in [1.29, 1.82) is 0 Å². The standard InChI is InChI=1S/C21H25N3O4/c1-14(2)20(25)24-16-9-7-15(8-10-16)11-22-21(26)23-12-17-13-27-18-5-3-4-6-19(18)28-17/h3-10,14,17H,11-13H2,1-2H3,(H,24,25)(H2,22,23,26). The average molecular weight is 383 g/mol. The minimum atomic E-state index is -0.278. The molecule has 148 valence electrons. The van der Waals surface area contributed by atoms with Crippen LogP contribution in [0.2, 0.25) is 0 Å². The van der Waals surface area contributed by atoms with E-state index >= 15 is 0 Å². The number of hydrogen-bond acceptors (Lipinski definition) is 4. The topological polar surface area (TPSA) is 88.7 Å². The van der Waals surface area contributed by atoms with E-state index in [0.29, 0.717) is 25.4 Å². The van der Waals surface area contributed by atoms with Gasteiger partial charge >= 0.3 is 6.03 Å². The van der Waals surface area contributed by atoms with E-state index in [1.54, 1.807) is 0 Å². The normalized spacial score (nSPS) is 15.0. The van der Waals surface area contributed by atoms with Crippen LogP contribution in [0.25, 0.3) is 0 Å². The van der Waals surface area contributed by atoms with Crippen LogP contribution in [0.5, 0.6) is 11.5 Å². The summed E-state index contributed by atoms with van der Waals surface area (Å²) in [5, 5.41) is 8.43. The van der Waals surface area contributed by atoms with Gasteiger partial charge in [0.15, 0.2) is 17.6 Å². The van der Waals surface area contributed by atoms with Crippen molar-refractivity contribution in [3.05, 3.63) is 54.1 Å². The highest BCUT2D eigenvalue weighted by Gasteiger charge is 2.20. The summed E-state index contributed by atoms with van der Waals surface area (Å²) in [7, 11) is 0. The zero-order valence-corrected chi connectivity index (χ0v) is 16.0. The molecule has 1 aliphatic rings. The van der Waals surface area contributed by atoms with E-state index in [1.165, 1.54) is 0 Å². The van der Waals surface area contributed by atoms with Gasteiger partial charge in [0.25, 0.3) is 0 Å². The number of hydrogen-bond donors (Lipinski definition) is 3. The molecule has 0 radical (unpaired) electrons. The van der Waals surface area contributed by atoms with Crippen LogP contribution in [0.1, 0.15) is 19.4 Å². The Morgan fingerprint density at radius 1 is 1.04 bits per heavy atom. The highest BCUT2D eigenvalue weighted by Crippen LogP contribution is 2.30. The van der Waals surface area contributed by atoms with Crippen molar-refractivity contribution < 1.29 is 19.1 Å². The molecule has 3 N–H and O–H groups in total. The number of ether oxygens (including phenoxy) is 2. The molecule has 0 aromatic heterocycles. The summed E-state index contributed by atoms with van der Waals surface area (Å²) in [6, 6.07) is 14.6. The van der Waals surface area contributed by atoms with Crippen molar-refractivity contribution in [3.8, 4) is 11.5 Å². The zero-order chi connectivity index (χ0) is 19.9. The third-order valence-corrected chi connectivity index (χ3v) is 4.26. The van der Waals surface area contributed by atoms with E-state index in [2.05, 4.69) is 16.0 Å². The molecule has 0 bridgehead atoms. The quantitative estimate of drug-likeness (QED) is 0.716. The Bertz CT molecular complexity index is 821. The molecule has 7 heteroatoms. The molecule has 1 atom stereocenters. The summed E-state index contributed by atoms with van der Waals surface area (Å²) in [5.74, 6) is 1.31. The lowest BCUT2D eigenvalue weighted by Gasteiger charge is -2.26. The molecule has 1 aliphatic heterocycles. The first-order valence-electron chi connectivity index (χ1n) is 9.31. The number of rotatable bonds is 6. The van der Waals surface area contributed by atoms with Gasteiger partial charge in [-0.3, -0.25) is 4.79 Å². The number of carbonyl (C=O) groups excluding carboxylic acids is 2. The van der Waals surface area contributed by atoms with Crippen LogP contribution < -0.4 is 25.4 Å². The van der Waals surface area contributed by atoms with E-state index in [4.69, 9.17) is 9.47 Å². The van der Waals surface area contributed by atoms with Gasteiger partial charge in [0.05, 0.1) is 6.54 Å². The molecular weight excluding hydrogens is 358 g/mol. The molecule has 2 aromatic carbocycles. The number of anilines is 1. The molecule has 0 saturated heterocycles. The molecule has 3 rings (SSSR count). The van der Waals surface area contributed by atoms with Crippen molar-refractivity contribution in [3.63, 3.8) is 0 Å². The number of urea groups is 1. The molecule has 1 heterocycles. The van der Waals surface area contributed by atoms with Gasteiger partial charge in [-0.25, -0.2) is 4.79 Å². The summed E-state index contributed by atoms with van der Waals surface area (Å²) < 4.78 is 11.4. The highest BCUT2D eigenvalue weighted by atomic mass is 16.6. The molecule has 0 fully saturated rings. The highest BCUT2D eigenvalue weighted by molar-refractivity contribution is 5.92. The first-order chi connectivity index (χ1) is 13.5. The molecule has 0 aliphatic carbocycles. The van der Waals surface area contributed by atoms with Crippen molar-refractivity contribution in [1.82, 2.24) is 10.6 Å². The van der Waals surface area contributed by atoms with Crippen LogP contribution in [0, 0.1) is 5.92 Å². The maximum atomic E-state index is 12.0. The predicted octanol–water partition coefficient (Wildman–Crippen LogP) is 2.92. The second-order valence-electron chi connectivity index (χ2n) is 6.90.